The molecule has 1 unspecified atom stereocenters. The van der Waals surface area contributed by atoms with Crippen LogP contribution in [0.4, 0.5) is 4.39 Å². The van der Waals surface area contributed by atoms with Crippen LogP contribution < -0.4 is 0 Å². The summed E-state index contributed by atoms with van der Waals surface area (Å²) >= 11 is 0. The van der Waals surface area contributed by atoms with E-state index in [2.05, 4.69) is 0 Å². The molecule has 28 heavy (non-hydrogen) atoms. The predicted octanol–water partition coefficient (Wildman–Crippen LogP) is 4.59. The number of rotatable bonds is 3. The van der Waals surface area contributed by atoms with E-state index >= 15 is 0 Å². The van der Waals surface area contributed by atoms with Crippen LogP contribution >= 0.6 is 0 Å². The van der Waals surface area contributed by atoms with Gasteiger partial charge in [-0.15, -0.1) is 0 Å². The minimum atomic E-state index is -0.811. The molecule has 1 aliphatic heterocycles. The Morgan fingerprint density at radius 1 is 0.786 bits per heavy atom. The Kier molecular flexibility index (Phi) is 5.98. The van der Waals surface area contributed by atoms with Gasteiger partial charge in [0.15, 0.2) is 0 Å². The van der Waals surface area contributed by atoms with Gasteiger partial charge in [0.25, 0.3) is 5.91 Å². The van der Waals surface area contributed by atoms with Crippen LogP contribution in [-0.4, -0.2) is 40.2 Å². The van der Waals surface area contributed by atoms with Gasteiger partial charge in [0.1, 0.15) is 18.4 Å². The average molecular weight is 387 g/mol. The molecule has 5 heteroatoms. The third kappa shape index (κ3) is 3.81. The van der Waals surface area contributed by atoms with Gasteiger partial charge in [-0.3, -0.25) is 9.59 Å². The fraction of sp³-hybridized carbons (Fsp3) is 0.652. The van der Waals surface area contributed by atoms with Crippen molar-refractivity contribution in [2.75, 3.05) is 6.54 Å². The van der Waals surface area contributed by atoms with Crippen LogP contribution in [0.15, 0.2) is 24.3 Å². The number of nitrogens with zero attached hydrogens (tertiary/aromatic N) is 2. The highest BCUT2D eigenvalue weighted by Gasteiger charge is 2.46. The van der Waals surface area contributed by atoms with Crippen molar-refractivity contribution in [3.8, 4) is 0 Å². The van der Waals surface area contributed by atoms with Gasteiger partial charge in [-0.05, 0) is 31.7 Å². The van der Waals surface area contributed by atoms with E-state index in [4.69, 9.17) is 0 Å². The zero-order valence-electron chi connectivity index (χ0n) is 16.6. The molecule has 3 fully saturated rings. The number of benzene rings is 1. The van der Waals surface area contributed by atoms with Crippen LogP contribution in [0.1, 0.15) is 82.2 Å². The third-order valence-corrected chi connectivity index (χ3v) is 6.82. The molecule has 1 saturated heterocycles. The Hall–Kier alpha value is -1.91. The fourth-order valence-corrected chi connectivity index (χ4v) is 5.36. The molecule has 1 atom stereocenters. The quantitative estimate of drug-likeness (QED) is 0.713. The second kappa shape index (κ2) is 8.62. The fourth-order valence-electron chi connectivity index (χ4n) is 5.36. The Balaban J connectivity index is 1.69. The number of piperazine rings is 1. The molecule has 152 valence electrons. The molecule has 2 amide bonds. The number of hydrogen-bond donors (Lipinski definition) is 0. The standard InChI is InChI=1S/C23H31FN2O2/c24-20-15-9-8-14-19(20)22-23(28)25(17-10-4-1-2-5-11-17)16-21(27)26(22)18-12-6-3-7-13-18/h8-9,14-15,17-18,22H,1-7,10-13,16H2. The van der Waals surface area contributed by atoms with Crippen molar-refractivity contribution in [1.82, 2.24) is 9.80 Å². The molecular formula is C23H31FN2O2. The van der Waals surface area contributed by atoms with E-state index in [1.165, 1.54) is 25.3 Å². The van der Waals surface area contributed by atoms with Gasteiger partial charge in [-0.2, -0.15) is 0 Å². The van der Waals surface area contributed by atoms with E-state index in [-0.39, 0.29) is 30.4 Å². The van der Waals surface area contributed by atoms with Gasteiger partial charge < -0.3 is 9.80 Å². The molecule has 0 bridgehead atoms. The number of amides is 2. The summed E-state index contributed by atoms with van der Waals surface area (Å²) in [7, 11) is 0. The van der Waals surface area contributed by atoms with E-state index in [9.17, 15) is 14.0 Å². The Morgan fingerprint density at radius 3 is 2.00 bits per heavy atom. The molecule has 4 rings (SSSR count). The van der Waals surface area contributed by atoms with Crippen LogP contribution in [0.25, 0.3) is 0 Å². The lowest BCUT2D eigenvalue weighted by Gasteiger charge is -2.47. The molecule has 1 aromatic rings. The van der Waals surface area contributed by atoms with Crippen LogP contribution in [0.3, 0.4) is 0 Å². The van der Waals surface area contributed by atoms with Gasteiger partial charge >= 0.3 is 0 Å². The summed E-state index contributed by atoms with van der Waals surface area (Å²) in [5.74, 6) is -0.483. The zero-order valence-corrected chi connectivity index (χ0v) is 16.6. The Labute approximate surface area is 167 Å². The SMILES string of the molecule is O=C1C(c2ccccc2F)N(C2CCCCC2)C(=O)CN1C1CCCCCC1. The Bertz CT molecular complexity index is 708. The van der Waals surface area contributed by atoms with Crippen molar-refractivity contribution in [1.29, 1.82) is 0 Å². The van der Waals surface area contributed by atoms with Crippen molar-refractivity contribution >= 4 is 11.8 Å². The number of carbonyl (C=O) groups excluding carboxylic acids is 2. The molecule has 4 nitrogen and oxygen atoms in total. The molecule has 2 aliphatic carbocycles. The maximum atomic E-state index is 14.7. The number of hydrogen-bond acceptors (Lipinski definition) is 2. The molecule has 2 saturated carbocycles. The van der Waals surface area contributed by atoms with Crippen LogP contribution in [0.5, 0.6) is 0 Å². The van der Waals surface area contributed by atoms with Crippen LogP contribution in [0, 0.1) is 5.82 Å². The van der Waals surface area contributed by atoms with E-state index in [0.29, 0.717) is 5.56 Å². The number of carbonyl (C=O) groups is 2. The first-order valence-corrected chi connectivity index (χ1v) is 11.0. The lowest BCUT2D eigenvalue weighted by atomic mass is 9.89. The first-order valence-electron chi connectivity index (χ1n) is 11.0. The minimum Gasteiger partial charge on any atom is -0.328 e. The molecule has 0 spiro atoms. The highest BCUT2D eigenvalue weighted by atomic mass is 19.1. The summed E-state index contributed by atoms with van der Waals surface area (Å²) in [4.78, 5) is 30.5. The Morgan fingerprint density at radius 2 is 1.36 bits per heavy atom. The number of halogens is 1. The van der Waals surface area contributed by atoms with Crippen LogP contribution in [0.2, 0.25) is 0 Å². The minimum absolute atomic E-state index is 0.0102. The summed E-state index contributed by atoms with van der Waals surface area (Å²) in [5.41, 5.74) is 0.352. The zero-order chi connectivity index (χ0) is 19.5. The largest absolute Gasteiger partial charge is 0.328 e. The van der Waals surface area contributed by atoms with E-state index in [1.54, 1.807) is 28.0 Å². The van der Waals surface area contributed by atoms with Gasteiger partial charge in [-0.1, -0.05) is 63.1 Å². The molecule has 0 aromatic heterocycles. The third-order valence-electron chi connectivity index (χ3n) is 6.82. The lowest BCUT2D eigenvalue weighted by molar-refractivity contribution is -0.162. The molecule has 0 radical (unpaired) electrons. The molecular weight excluding hydrogens is 355 g/mol. The van der Waals surface area contributed by atoms with Crippen molar-refractivity contribution in [2.24, 2.45) is 0 Å². The maximum absolute atomic E-state index is 14.7. The summed E-state index contributed by atoms with van der Waals surface area (Å²) < 4.78 is 14.7. The van der Waals surface area contributed by atoms with Crippen molar-refractivity contribution < 1.29 is 14.0 Å². The molecule has 0 N–H and O–H groups in total. The second-order valence-electron chi connectivity index (χ2n) is 8.63. The summed E-state index contributed by atoms with van der Waals surface area (Å²) in [6, 6.07) is 5.83. The summed E-state index contributed by atoms with van der Waals surface area (Å²) in [6.07, 6.45) is 11.6. The normalized spacial score (nSPS) is 25.8. The van der Waals surface area contributed by atoms with Gasteiger partial charge in [-0.25, -0.2) is 4.39 Å². The van der Waals surface area contributed by atoms with Gasteiger partial charge in [0.2, 0.25) is 5.91 Å². The summed E-state index contributed by atoms with van der Waals surface area (Å²) in [5, 5.41) is 0. The molecule has 1 heterocycles. The van der Waals surface area contributed by atoms with Gasteiger partial charge in [0.05, 0.1) is 0 Å². The first-order chi connectivity index (χ1) is 13.7. The molecule has 3 aliphatic rings. The van der Waals surface area contributed by atoms with Crippen molar-refractivity contribution in [3.63, 3.8) is 0 Å². The predicted molar refractivity (Wildman–Crippen MR) is 106 cm³/mol. The highest BCUT2D eigenvalue weighted by molar-refractivity contribution is 5.96. The van der Waals surface area contributed by atoms with E-state index in [0.717, 1.165) is 51.4 Å². The van der Waals surface area contributed by atoms with E-state index in [1.807, 2.05) is 0 Å². The topological polar surface area (TPSA) is 40.6 Å². The van der Waals surface area contributed by atoms with Gasteiger partial charge in [0, 0.05) is 17.6 Å². The monoisotopic (exact) mass is 386 g/mol. The highest BCUT2D eigenvalue weighted by Crippen LogP contribution is 2.37. The molecule has 1 aromatic carbocycles. The smallest absolute Gasteiger partial charge is 0.250 e. The lowest BCUT2D eigenvalue weighted by Crippen LogP contribution is -2.61. The maximum Gasteiger partial charge on any atom is 0.250 e. The average Bonchev–Trinajstić information content (AvgIpc) is 3.00. The van der Waals surface area contributed by atoms with Crippen molar-refractivity contribution in [2.45, 2.75) is 88.8 Å². The summed E-state index contributed by atoms with van der Waals surface area (Å²) in [6.45, 7) is 0.158. The second-order valence-corrected chi connectivity index (χ2v) is 8.63. The van der Waals surface area contributed by atoms with Crippen LogP contribution in [-0.2, 0) is 9.59 Å². The van der Waals surface area contributed by atoms with Crippen molar-refractivity contribution in [3.05, 3.63) is 35.6 Å². The van der Waals surface area contributed by atoms with E-state index < -0.39 is 11.9 Å². The first kappa shape index (κ1) is 19.4.